The molecule has 0 spiro atoms. The first-order valence-electron chi connectivity index (χ1n) is 12.0. The fourth-order valence-corrected chi connectivity index (χ4v) is 5.13. The quantitative estimate of drug-likeness (QED) is 0.249. The van der Waals surface area contributed by atoms with Crippen LogP contribution in [0.25, 0.3) is 11.2 Å². The third-order valence-corrected chi connectivity index (χ3v) is 7.17. The van der Waals surface area contributed by atoms with Crippen molar-refractivity contribution < 1.29 is 4.79 Å². The first-order valence-corrected chi connectivity index (χ1v) is 13.0. The fraction of sp³-hybridized carbons (Fsp3) is 0.167. The van der Waals surface area contributed by atoms with Crippen molar-refractivity contribution in [2.24, 2.45) is 0 Å². The van der Waals surface area contributed by atoms with Gasteiger partial charge < -0.3 is 5.32 Å². The molecule has 1 amide bonds. The molecule has 5 aromatic rings. The molecule has 180 valence electrons. The van der Waals surface area contributed by atoms with Gasteiger partial charge in [0.1, 0.15) is 5.52 Å². The molecule has 0 aliphatic rings. The molecule has 2 aromatic heterocycles. The van der Waals surface area contributed by atoms with E-state index in [1.807, 2.05) is 73.7 Å². The Balaban J connectivity index is 1.32. The van der Waals surface area contributed by atoms with Crippen LogP contribution in [0.5, 0.6) is 0 Å². The lowest BCUT2D eigenvalue weighted by molar-refractivity contribution is 0.0940. The Bertz CT molecular complexity index is 1480. The van der Waals surface area contributed by atoms with E-state index in [-0.39, 0.29) is 11.9 Å². The minimum Gasteiger partial charge on any atom is -0.346 e. The Morgan fingerprint density at radius 2 is 1.75 bits per heavy atom. The number of aromatic nitrogens is 3. The van der Waals surface area contributed by atoms with Gasteiger partial charge >= 0.3 is 0 Å². The van der Waals surface area contributed by atoms with Gasteiger partial charge in [0.2, 0.25) is 0 Å². The molecule has 0 radical (unpaired) electrons. The number of benzene rings is 3. The Morgan fingerprint density at radius 3 is 2.53 bits per heavy atom. The molecule has 3 aromatic carbocycles. The predicted octanol–water partition coefficient (Wildman–Crippen LogP) is 6.57. The lowest BCUT2D eigenvalue weighted by atomic mass is 10.1. The summed E-state index contributed by atoms with van der Waals surface area (Å²) in [4.78, 5) is 22.2. The number of aryl methyl sites for hydroxylation is 1. The van der Waals surface area contributed by atoms with Gasteiger partial charge in [0.05, 0.1) is 12.6 Å². The van der Waals surface area contributed by atoms with E-state index in [1.54, 1.807) is 18.0 Å². The third-order valence-electron chi connectivity index (χ3n) is 6.12. The van der Waals surface area contributed by atoms with Crippen LogP contribution in [0.3, 0.4) is 0 Å². The normalized spacial score (nSPS) is 11.9. The van der Waals surface area contributed by atoms with Crippen molar-refractivity contribution in [2.45, 2.75) is 37.3 Å². The molecule has 0 bridgehead atoms. The van der Waals surface area contributed by atoms with E-state index < -0.39 is 0 Å². The number of imidazole rings is 1. The van der Waals surface area contributed by atoms with Gasteiger partial charge in [0.15, 0.2) is 10.8 Å². The van der Waals surface area contributed by atoms with Gasteiger partial charge in [-0.15, -0.1) is 0 Å². The maximum absolute atomic E-state index is 12.8. The Morgan fingerprint density at radius 1 is 0.944 bits per heavy atom. The Labute approximate surface area is 215 Å². The maximum atomic E-state index is 12.8. The highest BCUT2D eigenvalue weighted by molar-refractivity contribution is 7.98. The van der Waals surface area contributed by atoms with Gasteiger partial charge in [0, 0.05) is 17.5 Å². The Hall–Kier alpha value is -3.90. The number of rotatable bonds is 8. The smallest absolute Gasteiger partial charge is 0.251 e. The SMILES string of the molecule is Cc1cccc(CSc2nc3cccnc3n2Cc2ccc(C(=O)N[C@@H](C)c3ccccc3)cc2)c1. The number of carbonyl (C=O) groups is 1. The molecule has 0 aliphatic heterocycles. The predicted molar refractivity (Wildman–Crippen MR) is 146 cm³/mol. The molecular formula is C30H28N4OS. The largest absolute Gasteiger partial charge is 0.346 e. The first kappa shape index (κ1) is 23.8. The number of fused-ring (bicyclic) bond motifs is 1. The topological polar surface area (TPSA) is 59.8 Å². The van der Waals surface area contributed by atoms with Gasteiger partial charge in [-0.2, -0.15) is 0 Å². The summed E-state index contributed by atoms with van der Waals surface area (Å²) in [5.74, 6) is 0.756. The third kappa shape index (κ3) is 5.50. The molecule has 0 unspecified atom stereocenters. The highest BCUT2D eigenvalue weighted by Crippen LogP contribution is 2.27. The zero-order chi connectivity index (χ0) is 24.9. The highest BCUT2D eigenvalue weighted by atomic mass is 32.2. The molecule has 6 heteroatoms. The van der Waals surface area contributed by atoms with Crippen molar-refractivity contribution in [1.29, 1.82) is 0 Å². The maximum Gasteiger partial charge on any atom is 0.251 e. The van der Waals surface area contributed by atoms with Crippen LogP contribution in [0.1, 0.15) is 45.6 Å². The van der Waals surface area contributed by atoms with Crippen molar-refractivity contribution in [3.63, 3.8) is 0 Å². The van der Waals surface area contributed by atoms with Crippen molar-refractivity contribution in [3.8, 4) is 0 Å². The van der Waals surface area contributed by atoms with Crippen LogP contribution in [0.4, 0.5) is 0 Å². The number of nitrogens with zero attached hydrogens (tertiary/aromatic N) is 3. The van der Waals surface area contributed by atoms with E-state index in [9.17, 15) is 4.79 Å². The molecule has 5 rings (SSSR count). The summed E-state index contributed by atoms with van der Waals surface area (Å²) < 4.78 is 2.16. The fourth-order valence-electron chi connectivity index (χ4n) is 4.19. The van der Waals surface area contributed by atoms with Crippen molar-refractivity contribution >= 4 is 28.8 Å². The van der Waals surface area contributed by atoms with E-state index in [2.05, 4.69) is 46.1 Å². The molecule has 5 nitrogen and oxygen atoms in total. The van der Waals surface area contributed by atoms with Gasteiger partial charge in [-0.3, -0.25) is 9.36 Å². The second-order valence-electron chi connectivity index (χ2n) is 8.91. The summed E-state index contributed by atoms with van der Waals surface area (Å²) in [5.41, 5.74) is 7.09. The zero-order valence-electron chi connectivity index (χ0n) is 20.4. The summed E-state index contributed by atoms with van der Waals surface area (Å²) in [6, 6.07) is 30.2. The van der Waals surface area contributed by atoms with Crippen molar-refractivity contribution in [1.82, 2.24) is 19.9 Å². The summed E-state index contributed by atoms with van der Waals surface area (Å²) in [6.07, 6.45) is 1.80. The van der Waals surface area contributed by atoms with Crippen molar-refractivity contribution in [3.05, 3.63) is 125 Å². The average molecular weight is 493 g/mol. The number of amides is 1. The number of nitrogens with one attached hydrogen (secondary N) is 1. The number of pyridine rings is 1. The summed E-state index contributed by atoms with van der Waals surface area (Å²) in [5, 5.41) is 4.01. The number of hydrogen-bond donors (Lipinski definition) is 1. The van der Waals surface area contributed by atoms with Gasteiger partial charge in [-0.25, -0.2) is 9.97 Å². The number of hydrogen-bond acceptors (Lipinski definition) is 4. The standard InChI is InChI=1S/C30H28N4OS/c1-21-8-6-9-24(18-21)20-36-30-33-27-12-7-17-31-28(27)34(30)19-23-13-15-26(16-14-23)29(35)32-22(2)25-10-4-3-5-11-25/h3-18,22H,19-20H2,1-2H3,(H,32,35)/t22-/m0/s1. The monoisotopic (exact) mass is 492 g/mol. The summed E-state index contributed by atoms with van der Waals surface area (Å²) in [6.45, 7) is 4.74. The minimum absolute atomic E-state index is 0.0604. The molecule has 1 N–H and O–H groups in total. The molecule has 36 heavy (non-hydrogen) atoms. The van der Waals surface area contributed by atoms with Crippen LogP contribution in [0.15, 0.2) is 102 Å². The minimum atomic E-state index is -0.0814. The van der Waals surface area contributed by atoms with Crippen LogP contribution < -0.4 is 5.32 Å². The second kappa shape index (κ2) is 10.8. The van der Waals surface area contributed by atoms with E-state index in [0.717, 1.165) is 33.2 Å². The second-order valence-corrected chi connectivity index (χ2v) is 9.85. The summed E-state index contributed by atoms with van der Waals surface area (Å²) >= 11 is 1.71. The van der Waals surface area contributed by atoms with Gasteiger partial charge in [-0.1, -0.05) is 84.1 Å². The van der Waals surface area contributed by atoms with Gasteiger partial charge in [-0.05, 0) is 54.8 Å². The summed E-state index contributed by atoms with van der Waals surface area (Å²) in [7, 11) is 0. The first-order chi connectivity index (χ1) is 17.6. The molecule has 0 saturated heterocycles. The van der Waals surface area contributed by atoms with Crippen LogP contribution in [-0.4, -0.2) is 20.4 Å². The molecule has 2 heterocycles. The molecule has 0 fully saturated rings. The molecule has 0 saturated carbocycles. The van der Waals surface area contributed by atoms with E-state index >= 15 is 0 Å². The van der Waals surface area contributed by atoms with Crippen LogP contribution in [-0.2, 0) is 12.3 Å². The highest BCUT2D eigenvalue weighted by Gasteiger charge is 2.15. The van der Waals surface area contributed by atoms with Crippen LogP contribution in [0.2, 0.25) is 0 Å². The van der Waals surface area contributed by atoms with Crippen LogP contribution >= 0.6 is 11.8 Å². The van der Waals surface area contributed by atoms with E-state index in [4.69, 9.17) is 4.98 Å². The van der Waals surface area contributed by atoms with Crippen LogP contribution in [0, 0.1) is 6.92 Å². The number of carbonyl (C=O) groups excluding carboxylic acids is 1. The zero-order valence-corrected chi connectivity index (χ0v) is 21.2. The van der Waals surface area contributed by atoms with Gasteiger partial charge in [0.25, 0.3) is 5.91 Å². The lowest BCUT2D eigenvalue weighted by Gasteiger charge is -2.14. The van der Waals surface area contributed by atoms with E-state index in [0.29, 0.717) is 12.1 Å². The number of thioether (sulfide) groups is 1. The Kier molecular flexibility index (Phi) is 7.14. The van der Waals surface area contributed by atoms with E-state index in [1.165, 1.54) is 11.1 Å². The molecular weight excluding hydrogens is 464 g/mol. The lowest BCUT2D eigenvalue weighted by Crippen LogP contribution is -2.26. The van der Waals surface area contributed by atoms with Crippen molar-refractivity contribution in [2.75, 3.05) is 0 Å². The average Bonchev–Trinajstić information content (AvgIpc) is 3.25. The molecule has 1 atom stereocenters. The molecule has 0 aliphatic carbocycles.